The minimum absolute atomic E-state index is 0.0822. The Morgan fingerprint density at radius 1 is 1.52 bits per heavy atom. The molecule has 116 valence electrons. The molecule has 0 radical (unpaired) electrons. The number of rotatable bonds is 6. The van der Waals surface area contributed by atoms with Crippen LogP contribution in [-0.2, 0) is 11.2 Å². The van der Waals surface area contributed by atoms with Crippen molar-refractivity contribution >= 4 is 5.91 Å². The fourth-order valence-corrected chi connectivity index (χ4v) is 2.77. The number of hydrogen-bond donors (Lipinski definition) is 2. The van der Waals surface area contributed by atoms with Gasteiger partial charge < -0.3 is 15.2 Å². The Morgan fingerprint density at radius 2 is 2.38 bits per heavy atom. The second kappa shape index (κ2) is 7.93. The third-order valence-electron chi connectivity index (χ3n) is 4.06. The molecule has 0 spiro atoms. The quantitative estimate of drug-likeness (QED) is 0.809. The SMILES string of the molecule is CN1CCCC[C@@H]1CCC(=O)NCCc1cc(=O)[nH]cn1. The topological polar surface area (TPSA) is 78.1 Å². The first-order valence-electron chi connectivity index (χ1n) is 7.65. The Morgan fingerprint density at radius 3 is 3.14 bits per heavy atom. The fourth-order valence-electron chi connectivity index (χ4n) is 2.77. The maximum Gasteiger partial charge on any atom is 0.250 e. The largest absolute Gasteiger partial charge is 0.356 e. The van der Waals surface area contributed by atoms with Crippen LogP contribution >= 0.6 is 0 Å². The van der Waals surface area contributed by atoms with Crippen LogP contribution in [0.3, 0.4) is 0 Å². The normalized spacial score (nSPS) is 19.4. The number of likely N-dealkylation sites (tertiary alicyclic amines) is 1. The molecule has 1 saturated heterocycles. The van der Waals surface area contributed by atoms with Gasteiger partial charge in [0.15, 0.2) is 0 Å². The van der Waals surface area contributed by atoms with E-state index in [1.807, 2.05) is 0 Å². The van der Waals surface area contributed by atoms with Crippen LogP contribution in [0.1, 0.15) is 37.8 Å². The lowest BCUT2D eigenvalue weighted by atomic mass is 9.98. The fraction of sp³-hybridized carbons (Fsp3) is 0.667. The third kappa shape index (κ3) is 5.30. The standard InChI is InChI=1S/C15H24N4O2/c1-19-9-3-2-4-13(19)5-6-14(20)16-8-7-12-10-15(21)18-11-17-12/h10-11,13H,2-9H2,1H3,(H,16,20)(H,17,18,21)/t13-/m1/s1. The lowest BCUT2D eigenvalue weighted by molar-refractivity contribution is -0.121. The molecule has 1 amide bonds. The summed E-state index contributed by atoms with van der Waals surface area (Å²) in [5.74, 6) is 0.0822. The molecule has 1 aliphatic heterocycles. The van der Waals surface area contributed by atoms with E-state index in [2.05, 4.69) is 27.2 Å². The lowest BCUT2D eigenvalue weighted by Crippen LogP contribution is -2.37. The summed E-state index contributed by atoms with van der Waals surface area (Å²) < 4.78 is 0. The smallest absolute Gasteiger partial charge is 0.250 e. The zero-order valence-corrected chi connectivity index (χ0v) is 12.6. The van der Waals surface area contributed by atoms with E-state index < -0.39 is 0 Å². The number of piperidine rings is 1. The lowest BCUT2D eigenvalue weighted by Gasteiger charge is -2.32. The summed E-state index contributed by atoms with van der Waals surface area (Å²) in [4.78, 5) is 31.8. The first-order valence-corrected chi connectivity index (χ1v) is 7.65. The van der Waals surface area contributed by atoms with Crippen molar-refractivity contribution < 1.29 is 4.79 Å². The van der Waals surface area contributed by atoms with Crippen molar-refractivity contribution in [3.8, 4) is 0 Å². The van der Waals surface area contributed by atoms with E-state index in [1.54, 1.807) is 0 Å². The number of carbonyl (C=O) groups is 1. The van der Waals surface area contributed by atoms with Crippen LogP contribution in [0.15, 0.2) is 17.2 Å². The number of hydrogen-bond acceptors (Lipinski definition) is 4. The number of nitrogens with one attached hydrogen (secondary N) is 2. The molecule has 0 unspecified atom stereocenters. The van der Waals surface area contributed by atoms with Gasteiger partial charge in [0.25, 0.3) is 5.56 Å². The summed E-state index contributed by atoms with van der Waals surface area (Å²) >= 11 is 0. The maximum atomic E-state index is 11.8. The highest BCUT2D eigenvalue weighted by molar-refractivity contribution is 5.75. The molecule has 2 heterocycles. The molecule has 1 fully saturated rings. The number of nitrogens with zero attached hydrogens (tertiary/aromatic N) is 2. The van der Waals surface area contributed by atoms with E-state index in [0.29, 0.717) is 31.1 Å². The molecule has 6 heteroatoms. The first-order chi connectivity index (χ1) is 10.1. The van der Waals surface area contributed by atoms with Gasteiger partial charge in [-0.1, -0.05) is 6.42 Å². The van der Waals surface area contributed by atoms with Crippen molar-refractivity contribution in [1.82, 2.24) is 20.2 Å². The Bertz CT molecular complexity index is 514. The molecule has 0 saturated carbocycles. The highest BCUT2D eigenvalue weighted by atomic mass is 16.1. The van der Waals surface area contributed by atoms with E-state index in [-0.39, 0.29) is 11.5 Å². The molecule has 2 N–H and O–H groups in total. The molecule has 1 aromatic rings. The molecule has 2 rings (SSSR count). The molecule has 1 atom stereocenters. The molecule has 0 aliphatic carbocycles. The van der Waals surface area contributed by atoms with Crippen LogP contribution < -0.4 is 10.9 Å². The van der Waals surface area contributed by atoms with Gasteiger partial charge in [-0.15, -0.1) is 0 Å². The van der Waals surface area contributed by atoms with Crippen molar-refractivity contribution in [2.24, 2.45) is 0 Å². The number of carbonyl (C=O) groups excluding carboxylic acids is 1. The van der Waals surface area contributed by atoms with Gasteiger partial charge in [-0.2, -0.15) is 0 Å². The van der Waals surface area contributed by atoms with Gasteiger partial charge in [-0.3, -0.25) is 9.59 Å². The predicted octanol–water partition coefficient (Wildman–Crippen LogP) is 0.693. The summed E-state index contributed by atoms with van der Waals surface area (Å²) in [6.45, 7) is 1.66. The van der Waals surface area contributed by atoms with Gasteiger partial charge >= 0.3 is 0 Å². The Hall–Kier alpha value is -1.69. The molecule has 0 aromatic carbocycles. The van der Waals surface area contributed by atoms with Crippen LogP contribution in [0.5, 0.6) is 0 Å². The number of aromatic amines is 1. The van der Waals surface area contributed by atoms with Crippen LogP contribution in [0, 0.1) is 0 Å². The van der Waals surface area contributed by atoms with E-state index in [9.17, 15) is 9.59 Å². The van der Waals surface area contributed by atoms with Gasteiger partial charge in [-0.05, 0) is 32.9 Å². The summed E-state index contributed by atoms with van der Waals surface area (Å²) in [6, 6.07) is 2.00. The number of aromatic nitrogens is 2. The zero-order valence-electron chi connectivity index (χ0n) is 12.6. The van der Waals surface area contributed by atoms with Gasteiger partial charge in [-0.25, -0.2) is 4.98 Å². The molecular weight excluding hydrogens is 268 g/mol. The van der Waals surface area contributed by atoms with Crippen LogP contribution in [0.2, 0.25) is 0 Å². The van der Waals surface area contributed by atoms with Crippen LogP contribution in [-0.4, -0.2) is 47.0 Å². The van der Waals surface area contributed by atoms with Gasteiger partial charge in [0, 0.05) is 37.2 Å². The molecule has 0 bridgehead atoms. The van der Waals surface area contributed by atoms with E-state index in [0.717, 1.165) is 13.0 Å². The van der Waals surface area contributed by atoms with E-state index in [4.69, 9.17) is 0 Å². The van der Waals surface area contributed by atoms with Crippen molar-refractivity contribution in [1.29, 1.82) is 0 Å². The second-order valence-electron chi connectivity index (χ2n) is 5.67. The molecule has 1 aliphatic rings. The summed E-state index contributed by atoms with van der Waals surface area (Å²) in [5, 5.41) is 2.90. The van der Waals surface area contributed by atoms with Gasteiger partial charge in [0.05, 0.1) is 6.33 Å². The van der Waals surface area contributed by atoms with E-state index >= 15 is 0 Å². The zero-order chi connectivity index (χ0) is 15.1. The number of amides is 1. The van der Waals surface area contributed by atoms with Crippen molar-refractivity contribution in [2.75, 3.05) is 20.1 Å². The van der Waals surface area contributed by atoms with Gasteiger partial charge in [0.1, 0.15) is 0 Å². The minimum atomic E-state index is -0.160. The summed E-state index contributed by atoms with van der Waals surface area (Å²) in [6.07, 6.45) is 7.19. The monoisotopic (exact) mass is 292 g/mol. The number of H-pyrrole nitrogens is 1. The van der Waals surface area contributed by atoms with Crippen LogP contribution in [0.25, 0.3) is 0 Å². The van der Waals surface area contributed by atoms with Crippen LogP contribution in [0.4, 0.5) is 0 Å². The van der Waals surface area contributed by atoms with Crippen molar-refractivity contribution in [3.05, 3.63) is 28.4 Å². The molecule has 1 aromatic heterocycles. The van der Waals surface area contributed by atoms with Gasteiger partial charge in [0.2, 0.25) is 5.91 Å². The summed E-state index contributed by atoms with van der Waals surface area (Å²) in [7, 11) is 2.14. The summed E-state index contributed by atoms with van der Waals surface area (Å²) in [5.41, 5.74) is 0.540. The highest BCUT2D eigenvalue weighted by Crippen LogP contribution is 2.18. The van der Waals surface area contributed by atoms with Crippen molar-refractivity contribution in [2.45, 2.75) is 44.6 Å². The average Bonchev–Trinajstić information content (AvgIpc) is 2.46. The Kier molecular flexibility index (Phi) is 5.92. The van der Waals surface area contributed by atoms with E-state index in [1.165, 1.54) is 31.7 Å². The average molecular weight is 292 g/mol. The third-order valence-corrected chi connectivity index (χ3v) is 4.06. The Balaban J connectivity index is 1.64. The minimum Gasteiger partial charge on any atom is -0.356 e. The Labute approximate surface area is 125 Å². The maximum absolute atomic E-state index is 11.8. The molecule has 21 heavy (non-hydrogen) atoms. The molecule has 6 nitrogen and oxygen atoms in total. The molecular formula is C15H24N4O2. The first kappa shape index (κ1) is 15.7. The highest BCUT2D eigenvalue weighted by Gasteiger charge is 2.19. The van der Waals surface area contributed by atoms with Crippen molar-refractivity contribution in [3.63, 3.8) is 0 Å². The predicted molar refractivity (Wildman–Crippen MR) is 81.1 cm³/mol. The second-order valence-corrected chi connectivity index (χ2v) is 5.67.